The summed E-state index contributed by atoms with van der Waals surface area (Å²) in [5, 5.41) is 6.61. The fraction of sp³-hybridized carbons (Fsp3) is 0.400. The van der Waals surface area contributed by atoms with Crippen LogP contribution < -0.4 is 10.5 Å². The van der Waals surface area contributed by atoms with E-state index in [2.05, 4.69) is 48.1 Å². The van der Waals surface area contributed by atoms with Gasteiger partial charge in [0.1, 0.15) is 17.4 Å². The molecule has 3 aromatic heterocycles. The van der Waals surface area contributed by atoms with Gasteiger partial charge in [-0.25, -0.2) is 4.68 Å². The lowest BCUT2D eigenvalue weighted by molar-refractivity contribution is -0.136. The van der Waals surface area contributed by atoms with Crippen LogP contribution in [0.3, 0.4) is 0 Å². The van der Waals surface area contributed by atoms with E-state index in [0.29, 0.717) is 30.9 Å². The van der Waals surface area contributed by atoms with E-state index >= 15 is 0 Å². The molecular formula is C25H29N5O2S. The van der Waals surface area contributed by atoms with Gasteiger partial charge in [-0.2, -0.15) is 5.10 Å². The number of carbonyl (C=O) groups excluding carboxylic acids is 1. The molecule has 33 heavy (non-hydrogen) atoms. The van der Waals surface area contributed by atoms with E-state index in [9.17, 15) is 9.59 Å². The van der Waals surface area contributed by atoms with Gasteiger partial charge in [-0.3, -0.25) is 14.0 Å². The van der Waals surface area contributed by atoms with Gasteiger partial charge < -0.3 is 9.80 Å². The van der Waals surface area contributed by atoms with Gasteiger partial charge in [-0.05, 0) is 62.4 Å². The second-order valence-corrected chi connectivity index (χ2v) is 9.87. The Morgan fingerprint density at radius 1 is 1.18 bits per heavy atom. The third-order valence-electron chi connectivity index (χ3n) is 6.67. The molecule has 0 bridgehead atoms. The Balaban J connectivity index is 1.43. The minimum absolute atomic E-state index is 0.0278. The van der Waals surface area contributed by atoms with Crippen LogP contribution in [0, 0.1) is 13.8 Å². The van der Waals surface area contributed by atoms with Crippen LogP contribution in [0.2, 0.25) is 0 Å². The number of thiophene rings is 1. The van der Waals surface area contributed by atoms with Crippen molar-refractivity contribution in [3.8, 4) is 0 Å². The number of rotatable bonds is 4. The summed E-state index contributed by atoms with van der Waals surface area (Å²) in [5.74, 6) is 0.682. The summed E-state index contributed by atoms with van der Waals surface area (Å²) >= 11 is 1.60. The number of fused-ring (bicyclic) bond motifs is 3. The average Bonchev–Trinajstić information content (AvgIpc) is 3.39. The molecular weight excluding hydrogens is 434 g/mol. The standard InChI is InChI=1S/C25H29N5O2S/c1-5-20(30-25(32)22-14-23-21(9-12-33-23)29(22)18(4)26-30)24(31)27-10-11-28(17(3)15-27)19-8-6-7-16(2)13-19/h6-9,12-14,17,20H,5,10-11,15H2,1-4H3/t17-,20-/m1/s1. The van der Waals surface area contributed by atoms with Crippen molar-refractivity contribution in [2.75, 3.05) is 24.5 Å². The molecule has 7 nitrogen and oxygen atoms in total. The number of benzene rings is 1. The van der Waals surface area contributed by atoms with E-state index in [0.717, 1.165) is 16.8 Å². The second-order valence-electron chi connectivity index (χ2n) is 8.92. The van der Waals surface area contributed by atoms with Crippen LogP contribution >= 0.6 is 11.3 Å². The van der Waals surface area contributed by atoms with Crippen LogP contribution in [0.4, 0.5) is 5.69 Å². The Hall–Kier alpha value is -3.13. The lowest BCUT2D eigenvalue weighted by Crippen LogP contribution is -2.55. The molecule has 1 fully saturated rings. The van der Waals surface area contributed by atoms with Gasteiger partial charge in [-0.1, -0.05) is 19.1 Å². The molecule has 0 radical (unpaired) electrons. The van der Waals surface area contributed by atoms with Crippen molar-refractivity contribution in [3.63, 3.8) is 0 Å². The third-order valence-corrected chi connectivity index (χ3v) is 7.52. The number of hydrogen-bond acceptors (Lipinski definition) is 5. The van der Waals surface area contributed by atoms with Gasteiger partial charge in [0.15, 0.2) is 0 Å². The van der Waals surface area contributed by atoms with Crippen LogP contribution in [-0.2, 0) is 4.79 Å². The molecule has 1 aliphatic rings. The molecule has 4 aromatic rings. The third kappa shape index (κ3) is 3.62. The molecule has 0 unspecified atom stereocenters. The Morgan fingerprint density at radius 3 is 2.73 bits per heavy atom. The summed E-state index contributed by atoms with van der Waals surface area (Å²) in [6.07, 6.45) is 0.517. The zero-order chi connectivity index (χ0) is 23.3. The van der Waals surface area contributed by atoms with Gasteiger partial charge in [0, 0.05) is 31.4 Å². The number of amides is 1. The predicted molar refractivity (Wildman–Crippen MR) is 133 cm³/mol. The van der Waals surface area contributed by atoms with Gasteiger partial charge >= 0.3 is 0 Å². The smallest absolute Gasteiger partial charge is 0.291 e. The zero-order valence-corrected chi connectivity index (χ0v) is 20.3. The Labute approximate surface area is 196 Å². The fourth-order valence-corrected chi connectivity index (χ4v) is 5.82. The van der Waals surface area contributed by atoms with Gasteiger partial charge in [0.2, 0.25) is 5.91 Å². The zero-order valence-electron chi connectivity index (χ0n) is 19.5. The quantitative estimate of drug-likeness (QED) is 0.459. The number of anilines is 1. The Morgan fingerprint density at radius 2 is 2.00 bits per heavy atom. The molecule has 0 spiro atoms. The Kier molecular flexibility index (Phi) is 5.48. The highest BCUT2D eigenvalue weighted by atomic mass is 32.1. The largest absolute Gasteiger partial charge is 0.365 e. The van der Waals surface area contributed by atoms with Crippen molar-refractivity contribution in [1.82, 2.24) is 19.1 Å². The minimum Gasteiger partial charge on any atom is -0.365 e. The van der Waals surface area contributed by atoms with Crippen LogP contribution in [0.1, 0.15) is 37.7 Å². The monoisotopic (exact) mass is 463 g/mol. The summed E-state index contributed by atoms with van der Waals surface area (Å²) in [6.45, 7) is 10.1. The first-order valence-electron chi connectivity index (χ1n) is 11.5. The topological polar surface area (TPSA) is 62.9 Å². The van der Waals surface area contributed by atoms with Crippen molar-refractivity contribution in [2.45, 2.75) is 46.2 Å². The number of aromatic nitrogens is 3. The second kappa shape index (κ2) is 8.33. The lowest BCUT2D eigenvalue weighted by Gasteiger charge is -2.42. The summed E-state index contributed by atoms with van der Waals surface area (Å²) in [6, 6.07) is 12.0. The van der Waals surface area contributed by atoms with Crippen LogP contribution in [-0.4, -0.2) is 50.7 Å². The SMILES string of the molecule is CC[C@H](C(=O)N1CCN(c2cccc(C)c2)[C@H](C)C1)n1nc(C)n2c(cc3sccc32)c1=O. The summed E-state index contributed by atoms with van der Waals surface area (Å²) < 4.78 is 4.36. The van der Waals surface area contributed by atoms with Crippen LogP contribution in [0.15, 0.2) is 46.6 Å². The molecule has 1 amide bonds. The first-order chi connectivity index (χ1) is 15.9. The number of hydrogen-bond donors (Lipinski definition) is 0. The van der Waals surface area contributed by atoms with Gasteiger partial charge in [0.25, 0.3) is 5.56 Å². The maximum atomic E-state index is 13.6. The van der Waals surface area contributed by atoms with E-state index < -0.39 is 6.04 Å². The van der Waals surface area contributed by atoms with Crippen molar-refractivity contribution in [3.05, 3.63) is 63.5 Å². The molecule has 5 rings (SSSR count). The molecule has 172 valence electrons. The molecule has 8 heteroatoms. The molecule has 1 aliphatic heterocycles. The van der Waals surface area contributed by atoms with E-state index in [4.69, 9.17) is 0 Å². The van der Waals surface area contributed by atoms with Crippen molar-refractivity contribution in [1.29, 1.82) is 0 Å². The number of piperazine rings is 1. The predicted octanol–water partition coefficient (Wildman–Crippen LogP) is 4.02. The summed E-state index contributed by atoms with van der Waals surface area (Å²) in [7, 11) is 0. The maximum absolute atomic E-state index is 13.6. The minimum atomic E-state index is -0.605. The first-order valence-corrected chi connectivity index (χ1v) is 12.4. The summed E-state index contributed by atoms with van der Waals surface area (Å²) in [4.78, 5) is 31.2. The normalized spacial score (nSPS) is 17.8. The average molecular weight is 464 g/mol. The molecule has 4 heterocycles. The lowest BCUT2D eigenvalue weighted by atomic mass is 10.1. The van der Waals surface area contributed by atoms with E-state index in [-0.39, 0.29) is 17.5 Å². The number of carbonyl (C=O) groups is 1. The van der Waals surface area contributed by atoms with Gasteiger partial charge in [0.05, 0.1) is 10.2 Å². The molecule has 1 saturated heterocycles. The van der Waals surface area contributed by atoms with E-state index in [1.807, 2.05) is 40.7 Å². The van der Waals surface area contributed by atoms with E-state index in [1.54, 1.807) is 11.3 Å². The number of nitrogens with zero attached hydrogens (tertiary/aromatic N) is 5. The molecule has 2 atom stereocenters. The van der Waals surface area contributed by atoms with Crippen molar-refractivity contribution < 1.29 is 4.79 Å². The molecule has 1 aromatic carbocycles. The number of aryl methyl sites for hydroxylation is 2. The van der Waals surface area contributed by atoms with Crippen molar-refractivity contribution in [2.24, 2.45) is 0 Å². The Bertz CT molecular complexity index is 1400. The molecule has 0 N–H and O–H groups in total. The molecule has 0 saturated carbocycles. The van der Waals surface area contributed by atoms with Crippen LogP contribution in [0.5, 0.6) is 0 Å². The first kappa shape index (κ1) is 21.7. The molecule has 0 aliphatic carbocycles. The highest BCUT2D eigenvalue weighted by Crippen LogP contribution is 2.26. The highest BCUT2D eigenvalue weighted by Gasteiger charge is 2.32. The van der Waals surface area contributed by atoms with Crippen LogP contribution in [0.25, 0.3) is 15.7 Å². The highest BCUT2D eigenvalue weighted by molar-refractivity contribution is 7.17. The fourth-order valence-electron chi connectivity index (χ4n) is 5.02. The van der Waals surface area contributed by atoms with E-state index in [1.165, 1.54) is 15.9 Å². The van der Waals surface area contributed by atoms with Crippen molar-refractivity contribution >= 4 is 38.7 Å². The maximum Gasteiger partial charge on any atom is 0.291 e. The summed E-state index contributed by atoms with van der Waals surface area (Å²) in [5.41, 5.74) is 3.77. The van der Waals surface area contributed by atoms with Gasteiger partial charge in [-0.15, -0.1) is 11.3 Å².